The van der Waals surface area contributed by atoms with Gasteiger partial charge in [0, 0.05) is 36.7 Å². The maximum absolute atomic E-state index is 3.54. The Balaban J connectivity index is 1.94. The van der Waals surface area contributed by atoms with E-state index in [0.717, 1.165) is 19.6 Å². The number of nitrogens with one attached hydrogen (secondary N) is 1. The Morgan fingerprint density at radius 2 is 2.38 bits per heavy atom. The van der Waals surface area contributed by atoms with E-state index in [1.807, 2.05) is 0 Å². The van der Waals surface area contributed by atoms with Crippen LogP contribution < -0.4 is 5.32 Å². The quantitative estimate of drug-likeness (QED) is 0.917. The van der Waals surface area contributed by atoms with E-state index in [-0.39, 0.29) is 0 Å². The van der Waals surface area contributed by atoms with E-state index in [9.17, 15) is 0 Å². The first-order valence-corrected chi connectivity index (χ1v) is 6.77. The van der Waals surface area contributed by atoms with Crippen LogP contribution in [0.1, 0.15) is 18.9 Å². The number of hydrogen-bond acceptors (Lipinski definition) is 2. The minimum atomic E-state index is 0.668. The summed E-state index contributed by atoms with van der Waals surface area (Å²) in [6.45, 7) is 6.76. The Morgan fingerprint density at radius 3 is 3.12 bits per heavy atom. The molecule has 3 heteroatoms. The van der Waals surface area contributed by atoms with E-state index in [0.29, 0.717) is 6.04 Å². The van der Waals surface area contributed by atoms with E-state index in [4.69, 9.17) is 0 Å². The Hall–Kier alpha value is -0.380. The van der Waals surface area contributed by atoms with Crippen LogP contribution in [0.3, 0.4) is 0 Å². The average Bonchev–Trinajstić information content (AvgIpc) is 2.29. The lowest BCUT2D eigenvalue weighted by molar-refractivity contribution is 0.190. The highest BCUT2D eigenvalue weighted by molar-refractivity contribution is 9.10. The molecule has 1 aromatic carbocycles. The molecule has 0 aliphatic carbocycles. The van der Waals surface area contributed by atoms with Crippen molar-refractivity contribution in [2.75, 3.05) is 19.6 Å². The average molecular weight is 283 g/mol. The van der Waals surface area contributed by atoms with Crippen LogP contribution in [0, 0.1) is 0 Å². The van der Waals surface area contributed by atoms with Gasteiger partial charge >= 0.3 is 0 Å². The highest BCUT2D eigenvalue weighted by Gasteiger charge is 2.17. The van der Waals surface area contributed by atoms with Gasteiger partial charge in [0.15, 0.2) is 0 Å². The van der Waals surface area contributed by atoms with Crippen LogP contribution >= 0.6 is 15.9 Å². The molecule has 2 nitrogen and oxygen atoms in total. The van der Waals surface area contributed by atoms with Crippen LogP contribution in [0.4, 0.5) is 0 Å². The van der Waals surface area contributed by atoms with Crippen LogP contribution in [0.2, 0.25) is 0 Å². The van der Waals surface area contributed by atoms with Gasteiger partial charge in [-0.15, -0.1) is 0 Å². The van der Waals surface area contributed by atoms with Crippen molar-refractivity contribution in [1.82, 2.24) is 10.2 Å². The molecule has 1 aliphatic rings. The van der Waals surface area contributed by atoms with Gasteiger partial charge in [0.2, 0.25) is 0 Å². The Kier molecular flexibility index (Phi) is 4.38. The number of rotatable bonds is 3. The smallest absolute Gasteiger partial charge is 0.0235 e. The second-order valence-corrected chi connectivity index (χ2v) is 5.34. The summed E-state index contributed by atoms with van der Waals surface area (Å²) < 4.78 is 1.17. The van der Waals surface area contributed by atoms with E-state index in [1.54, 1.807) is 0 Å². The molecule has 16 heavy (non-hydrogen) atoms. The van der Waals surface area contributed by atoms with Crippen molar-refractivity contribution in [3.05, 3.63) is 34.3 Å². The monoisotopic (exact) mass is 282 g/mol. The molecule has 1 fully saturated rings. The molecule has 0 amide bonds. The molecule has 1 saturated heterocycles. The van der Waals surface area contributed by atoms with Crippen LogP contribution in [0.15, 0.2) is 28.7 Å². The maximum Gasteiger partial charge on any atom is 0.0235 e. The molecular formula is C13H19BrN2. The fraction of sp³-hybridized carbons (Fsp3) is 0.538. The third-order valence-electron chi connectivity index (χ3n) is 3.13. The van der Waals surface area contributed by atoms with Crippen molar-refractivity contribution in [1.29, 1.82) is 0 Å². The van der Waals surface area contributed by atoms with E-state index in [1.165, 1.54) is 23.0 Å². The fourth-order valence-corrected chi connectivity index (χ4v) is 2.65. The second-order valence-electron chi connectivity index (χ2n) is 4.42. The first kappa shape index (κ1) is 12.1. The first-order valence-electron chi connectivity index (χ1n) is 5.98. The molecule has 0 radical (unpaired) electrons. The van der Waals surface area contributed by atoms with E-state index in [2.05, 4.69) is 57.3 Å². The summed E-state index contributed by atoms with van der Waals surface area (Å²) in [5, 5.41) is 3.54. The van der Waals surface area contributed by atoms with Crippen molar-refractivity contribution in [2.24, 2.45) is 0 Å². The molecule has 0 spiro atoms. The van der Waals surface area contributed by atoms with Crippen LogP contribution in [-0.4, -0.2) is 30.6 Å². The van der Waals surface area contributed by atoms with Gasteiger partial charge in [-0.1, -0.05) is 35.0 Å². The number of halogens is 1. The van der Waals surface area contributed by atoms with E-state index >= 15 is 0 Å². The number of nitrogens with zero attached hydrogens (tertiary/aromatic N) is 1. The van der Waals surface area contributed by atoms with Gasteiger partial charge in [0.05, 0.1) is 0 Å². The second kappa shape index (κ2) is 5.80. The highest BCUT2D eigenvalue weighted by atomic mass is 79.9. The summed E-state index contributed by atoms with van der Waals surface area (Å²) in [5.74, 6) is 0. The van der Waals surface area contributed by atoms with Gasteiger partial charge in [-0.05, 0) is 24.1 Å². The van der Waals surface area contributed by atoms with Gasteiger partial charge in [0.1, 0.15) is 0 Å². The van der Waals surface area contributed by atoms with Gasteiger partial charge in [-0.3, -0.25) is 4.90 Å². The van der Waals surface area contributed by atoms with E-state index < -0.39 is 0 Å². The maximum atomic E-state index is 3.54. The Morgan fingerprint density at radius 1 is 1.50 bits per heavy atom. The van der Waals surface area contributed by atoms with Crippen molar-refractivity contribution >= 4 is 15.9 Å². The summed E-state index contributed by atoms with van der Waals surface area (Å²) in [5.41, 5.74) is 1.39. The van der Waals surface area contributed by atoms with Crippen molar-refractivity contribution < 1.29 is 0 Å². The van der Waals surface area contributed by atoms with Gasteiger partial charge < -0.3 is 5.32 Å². The predicted molar refractivity (Wildman–Crippen MR) is 71.5 cm³/mol. The zero-order valence-corrected chi connectivity index (χ0v) is 11.3. The molecule has 1 aromatic rings. The van der Waals surface area contributed by atoms with Crippen molar-refractivity contribution in [3.8, 4) is 0 Å². The number of benzene rings is 1. The highest BCUT2D eigenvalue weighted by Crippen LogP contribution is 2.14. The van der Waals surface area contributed by atoms with Crippen molar-refractivity contribution in [3.63, 3.8) is 0 Å². The Bertz CT molecular complexity index is 340. The molecule has 1 atom stereocenters. The fourth-order valence-electron chi connectivity index (χ4n) is 2.20. The summed E-state index contributed by atoms with van der Waals surface area (Å²) in [6.07, 6.45) is 1.22. The van der Waals surface area contributed by atoms with Crippen molar-refractivity contribution in [2.45, 2.75) is 25.9 Å². The minimum absolute atomic E-state index is 0.668. The third kappa shape index (κ3) is 3.30. The summed E-state index contributed by atoms with van der Waals surface area (Å²) >= 11 is 3.52. The predicted octanol–water partition coefficient (Wildman–Crippen LogP) is 2.63. The molecule has 1 unspecified atom stereocenters. The lowest BCUT2D eigenvalue weighted by Gasteiger charge is -2.33. The standard InChI is InChI=1S/C13H19BrN2/c1-2-13-10-16(7-6-15-13)9-11-4-3-5-12(14)8-11/h3-5,8,13,15H,2,6-7,9-10H2,1H3. The topological polar surface area (TPSA) is 15.3 Å². The lowest BCUT2D eigenvalue weighted by atomic mass is 10.1. The van der Waals surface area contributed by atoms with Crippen LogP contribution in [0.5, 0.6) is 0 Å². The number of piperazine rings is 1. The molecule has 1 heterocycles. The molecule has 1 N–H and O–H groups in total. The molecular weight excluding hydrogens is 264 g/mol. The molecule has 88 valence electrons. The van der Waals surface area contributed by atoms with Gasteiger partial charge in [0.25, 0.3) is 0 Å². The molecule has 0 aromatic heterocycles. The normalized spacial score (nSPS) is 22.2. The van der Waals surface area contributed by atoms with Crippen LogP contribution in [-0.2, 0) is 6.54 Å². The Labute approximate surface area is 106 Å². The molecule has 1 aliphatic heterocycles. The summed E-state index contributed by atoms with van der Waals surface area (Å²) in [4.78, 5) is 2.53. The minimum Gasteiger partial charge on any atom is -0.311 e. The largest absolute Gasteiger partial charge is 0.311 e. The molecule has 0 bridgehead atoms. The number of hydrogen-bond donors (Lipinski definition) is 1. The lowest BCUT2D eigenvalue weighted by Crippen LogP contribution is -2.49. The van der Waals surface area contributed by atoms with Gasteiger partial charge in [-0.25, -0.2) is 0 Å². The summed E-state index contributed by atoms with van der Waals surface area (Å²) in [7, 11) is 0. The molecule has 2 rings (SSSR count). The zero-order valence-electron chi connectivity index (χ0n) is 9.75. The van der Waals surface area contributed by atoms with Crippen LogP contribution in [0.25, 0.3) is 0 Å². The SMILES string of the molecule is CCC1CN(Cc2cccc(Br)c2)CCN1. The third-order valence-corrected chi connectivity index (χ3v) is 3.62. The zero-order chi connectivity index (χ0) is 11.4. The van der Waals surface area contributed by atoms with Gasteiger partial charge in [-0.2, -0.15) is 0 Å². The summed E-state index contributed by atoms with van der Waals surface area (Å²) in [6, 6.07) is 9.27. The first-order chi connectivity index (χ1) is 7.78. The molecule has 0 saturated carbocycles.